The lowest BCUT2D eigenvalue weighted by atomic mass is 9.81. The van der Waals surface area contributed by atoms with E-state index in [0.717, 1.165) is 5.56 Å². The predicted molar refractivity (Wildman–Crippen MR) is 122 cm³/mol. The Hall–Kier alpha value is -2.52. The van der Waals surface area contributed by atoms with Gasteiger partial charge in [-0.15, -0.1) is 0 Å². The van der Waals surface area contributed by atoms with Gasteiger partial charge in [-0.05, 0) is 37.6 Å². The third-order valence-electron chi connectivity index (χ3n) is 4.74. The molecule has 0 bridgehead atoms. The molecule has 0 saturated heterocycles. The molecule has 1 heterocycles. The zero-order valence-electron chi connectivity index (χ0n) is 16.3. The van der Waals surface area contributed by atoms with E-state index in [9.17, 15) is 14.9 Å². The molecule has 0 radical (unpaired) electrons. The summed E-state index contributed by atoms with van der Waals surface area (Å²) < 4.78 is 0. The third-order valence-corrected chi connectivity index (χ3v) is 6.30. The summed E-state index contributed by atoms with van der Waals surface area (Å²) in [5, 5.41) is 14.4. The number of allylic oxidation sites excluding steroid dienone is 3. The topological polar surface area (TPSA) is 70.0 Å². The highest BCUT2D eigenvalue weighted by Gasteiger charge is 2.33. The summed E-state index contributed by atoms with van der Waals surface area (Å²) in [7, 11) is 0. The standard InChI is InChI=1S/C23H18Cl2N2O2S/c1-13-21(14(2)28)22(15-6-4-3-5-7-15)18(11-26)23(27-13)30-12-20(29)17-9-8-16(24)10-19(17)25/h3-10,22,27H,12H2,1-2H3. The first-order valence-electron chi connectivity index (χ1n) is 9.12. The highest BCUT2D eigenvalue weighted by molar-refractivity contribution is 8.03. The fraction of sp³-hybridized carbons (Fsp3) is 0.174. The number of halogens is 2. The quantitative estimate of drug-likeness (QED) is 0.548. The van der Waals surface area contributed by atoms with Gasteiger partial charge in [-0.2, -0.15) is 5.26 Å². The molecule has 0 aliphatic carbocycles. The first-order valence-corrected chi connectivity index (χ1v) is 10.9. The molecule has 1 N–H and O–H groups in total. The van der Waals surface area contributed by atoms with Crippen molar-refractivity contribution in [3.63, 3.8) is 0 Å². The summed E-state index contributed by atoms with van der Waals surface area (Å²) in [6.45, 7) is 3.30. The highest BCUT2D eigenvalue weighted by Crippen LogP contribution is 2.40. The molecular weight excluding hydrogens is 439 g/mol. The maximum Gasteiger partial charge on any atom is 0.174 e. The molecule has 0 amide bonds. The number of nitrogens with one attached hydrogen (secondary N) is 1. The lowest BCUT2D eigenvalue weighted by Crippen LogP contribution is -2.27. The van der Waals surface area contributed by atoms with Crippen LogP contribution in [0.1, 0.15) is 35.7 Å². The number of carbonyl (C=O) groups excluding carboxylic acids is 2. The molecule has 7 heteroatoms. The molecule has 0 aromatic heterocycles. The molecule has 2 aromatic rings. The molecule has 0 spiro atoms. The van der Waals surface area contributed by atoms with Gasteiger partial charge >= 0.3 is 0 Å². The minimum atomic E-state index is -0.480. The maximum absolute atomic E-state index is 12.7. The molecule has 1 aliphatic rings. The van der Waals surface area contributed by atoms with E-state index in [1.165, 1.54) is 24.8 Å². The van der Waals surface area contributed by atoms with Gasteiger partial charge < -0.3 is 5.32 Å². The molecule has 1 unspecified atom stereocenters. The molecule has 2 aromatic carbocycles. The van der Waals surface area contributed by atoms with Crippen LogP contribution in [0.15, 0.2) is 70.4 Å². The number of hydrogen-bond acceptors (Lipinski definition) is 5. The van der Waals surface area contributed by atoms with Crippen LogP contribution in [0.2, 0.25) is 10.0 Å². The Balaban J connectivity index is 1.94. The van der Waals surface area contributed by atoms with E-state index in [1.807, 2.05) is 30.3 Å². The van der Waals surface area contributed by atoms with Crippen LogP contribution in [0.4, 0.5) is 0 Å². The van der Waals surface area contributed by atoms with Gasteiger partial charge in [0.05, 0.1) is 33.4 Å². The fourth-order valence-corrected chi connectivity index (χ4v) is 4.89. The molecule has 1 aliphatic heterocycles. The van der Waals surface area contributed by atoms with Crippen molar-refractivity contribution in [3.8, 4) is 6.07 Å². The maximum atomic E-state index is 12.7. The fourth-order valence-electron chi connectivity index (χ4n) is 3.40. The smallest absolute Gasteiger partial charge is 0.174 e. The van der Waals surface area contributed by atoms with Crippen LogP contribution < -0.4 is 5.32 Å². The number of dihydropyridines is 1. The van der Waals surface area contributed by atoms with Gasteiger partial charge in [0.15, 0.2) is 11.6 Å². The van der Waals surface area contributed by atoms with Gasteiger partial charge in [-0.3, -0.25) is 9.59 Å². The van der Waals surface area contributed by atoms with Crippen LogP contribution >= 0.6 is 35.0 Å². The van der Waals surface area contributed by atoms with Crippen LogP contribution in [0.25, 0.3) is 0 Å². The van der Waals surface area contributed by atoms with E-state index < -0.39 is 5.92 Å². The predicted octanol–water partition coefficient (Wildman–Crippen LogP) is 5.89. The van der Waals surface area contributed by atoms with Gasteiger partial charge in [0.1, 0.15) is 0 Å². The summed E-state index contributed by atoms with van der Waals surface area (Å²) >= 11 is 13.3. The van der Waals surface area contributed by atoms with Gasteiger partial charge in [-0.1, -0.05) is 65.3 Å². The van der Waals surface area contributed by atoms with Gasteiger partial charge in [0.2, 0.25) is 0 Å². The second-order valence-corrected chi connectivity index (χ2v) is 8.58. The first kappa shape index (κ1) is 22.2. The number of carbonyl (C=O) groups is 2. The number of hydrogen-bond donors (Lipinski definition) is 1. The number of ketones is 2. The average molecular weight is 457 g/mol. The molecule has 30 heavy (non-hydrogen) atoms. The zero-order valence-corrected chi connectivity index (χ0v) is 18.7. The molecule has 4 nitrogen and oxygen atoms in total. The molecule has 152 valence electrons. The molecule has 0 fully saturated rings. The Kier molecular flexibility index (Phi) is 7.04. The highest BCUT2D eigenvalue weighted by atomic mass is 35.5. The van der Waals surface area contributed by atoms with Crippen molar-refractivity contribution in [2.75, 3.05) is 5.75 Å². The number of nitrogens with zero attached hydrogens (tertiary/aromatic N) is 1. The number of benzene rings is 2. The third kappa shape index (κ3) is 4.62. The molecule has 3 rings (SSSR count). The SMILES string of the molecule is CC(=O)C1=C(C)NC(SCC(=O)c2ccc(Cl)cc2Cl)=C(C#N)C1c1ccccc1. The summed E-state index contributed by atoms with van der Waals surface area (Å²) in [5.41, 5.74) is 2.87. The lowest BCUT2D eigenvalue weighted by molar-refractivity contribution is -0.113. The minimum Gasteiger partial charge on any atom is -0.353 e. The average Bonchev–Trinajstić information content (AvgIpc) is 2.71. The number of nitriles is 1. The van der Waals surface area contributed by atoms with Crippen LogP contribution in [0.3, 0.4) is 0 Å². The van der Waals surface area contributed by atoms with E-state index >= 15 is 0 Å². The van der Waals surface area contributed by atoms with Gasteiger partial charge in [0.25, 0.3) is 0 Å². The Morgan fingerprint density at radius 2 is 1.87 bits per heavy atom. The molecular formula is C23H18Cl2N2O2S. The number of thioether (sulfide) groups is 1. The van der Waals surface area contributed by atoms with Crippen molar-refractivity contribution < 1.29 is 9.59 Å². The normalized spacial score (nSPS) is 16.2. The monoisotopic (exact) mass is 456 g/mol. The second-order valence-electron chi connectivity index (χ2n) is 6.75. The van der Waals surface area contributed by atoms with Crippen LogP contribution in [-0.2, 0) is 4.79 Å². The van der Waals surface area contributed by atoms with Crippen molar-refractivity contribution in [3.05, 3.63) is 91.6 Å². The van der Waals surface area contributed by atoms with E-state index in [1.54, 1.807) is 19.1 Å². The van der Waals surface area contributed by atoms with E-state index in [-0.39, 0.29) is 22.3 Å². The first-order chi connectivity index (χ1) is 14.3. The largest absolute Gasteiger partial charge is 0.353 e. The van der Waals surface area contributed by atoms with Gasteiger partial charge in [0, 0.05) is 21.9 Å². The molecule has 0 saturated carbocycles. The van der Waals surface area contributed by atoms with E-state index in [0.29, 0.717) is 32.5 Å². The second kappa shape index (κ2) is 9.53. The van der Waals surface area contributed by atoms with Crippen molar-refractivity contribution in [2.24, 2.45) is 0 Å². The molecule has 1 atom stereocenters. The number of Topliss-reactive ketones (excluding diaryl/α,β-unsaturated/α-hetero) is 2. The Morgan fingerprint density at radius 1 is 1.17 bits per heavy atom. The zero-order chi connectivity index (χ0) is 21.8. The Labute approximate surface area is 189 Å². The Bertz CT molecular complexity index is 1120. The van der Waals surface area contributed by atoms with E-state index in [2.05, 4.69) is 11.4 Å². The number of rotatable bonds is 6. The van der Waals surface area contributed by atoms with Crippen molar-refractivity contribution in [2.45, 2.75) is 19.8 Å². The van der Waals surface area contributed by atoms with Crippen LogP contribution in [0.5, 0.6) is 0 Å². The van der Waals surface area contributed by atoms with Crippen molar-refractivity contribution in [1.29, 1.82) is 5.26 Å². The summed E-state index contributed by atoms with van der Waals surface area (Å²) in [6.07, 6.45) is 0. The summed E-state index contributed by atoms with van der Waals surface area (Å²) in [5.74, 6) is -0.677. The van der Waals surface area contributed by atoms with Crippen LogP contribution in [0, 0.1) is 11.3 Å². The van der Waals surface area contributed by atoms with Gasteiger partial charge in [-0.25, -0.2) is 0 Å². The van der Waals surface area contributed by atoms with E-state index in [4.69, 9.17) is 23.2 Å². The Morgan fingerprint density at radius 3 is 2.47 bits per heavy atom. The van der Waals surface area contributed by atoms with Crippen LogP contribution in [-0.4, -0.2) is 17.3 Å². The minimum absolute atomic E-state index is 0.0824. The summed E-state index contributed by atoms with van der Waals surface area (Å²) in [6, 6.07) is 16.4. The lowest BCUT2D eigenvalue weighted by Gasteiger charge is -2.29. The summed E-state index contributed by atoms with van der Waals surface area (Å²) in [4.78, 5) is 25.0. The van der Waals surface area contributed by atoms with Crippen molar-refractivity contribution >= 4 is 46.5 Å². The van der Waals surface area contributed by atoms with Crippen molar-refractivity contribution in [1.82, 2.24) is 5.32 Å².